The zero-order valence-electron chi connectivity index (χ0n) is 11.6. The number of benzene rings is 1. The highest BCUT2D eigenvalue weighted by Crippen LogP contribution is 2.31. The molecule has 106 valence electrons. The van der Waals surface area contributed by atoms with Crippen molar-refractivity contribution in [3.05, 3.63) is 35.4 Å². The van der Waals surface area contributed by atoms with Crippen LogP contribution in [0.15, 0.2) is 18.2 Å². The van der Waals surface area contributed by atoms with E-state index in [-0.39, 0.29) is 17.7 Å². The van der Waals surface area contributed by atoms with Crippen molar-refractivity contribution in [1.82, 2.24) is 4.90 Å². The molecule has 1 saturated heterocycles. The monoisotopic (exact) mass is 268 g/mol. The van der Waals surface area contributed by atoms with Gasteiger partial charge in [-0.05, 0) is 57.4 Å². The topological polar surface area (TPSA) is 29.3 Å². The van der Waals surface area contributed by atoms with Crippen LogP contribution in [0.3, 0.4) is 0 Å². The van der Waals surface area contributed by atoms with Gasteiger partial charge < -0.3 is 5.73 Å². The summed E-state index contributed by atoms with van der Waals surface area (Å²) in [5, 5.41) is 0. The van der Waals surface area contributed by atoms with E-state index >= 15 is 0 Å². The van der Waals surface area contributed by atoms with Crippen molar-refractivity contribution in [3.63, 3.8) is 0 Å². The summed E-state index contributed by atoms with van der Waals surface area (Å²) < 4.78 is 27.2. The number of nitrogens with two attached hydrogens (primary N) is 1. The van der Waals surface area contributed by atoms with Gasteiger partial charge in [-0.15, -0.1) is 0 Å². The van der Waals surface area contributed by atoms with Crippen LogP contribution in [0.5, 0.6) is 0 Å². The molecule has 1 aliphatic heterocycles. The van der Waals surface area contributed by atoms with Gasteiger partial charge >= 0.3 is 0 Å². The van der Waals surface area contributed by atoms with Crippen molar-refractivity contribution < 1.29 is 8.78 Å². The minimum atomic E-state index is -0.386. The molecular formula is C15H22F2N2. The van der Waals surface area contributed by atoms with E-state index in [1.54, 1.807) is 0 Å². The minimum Gasteiger partial charge on any atom is -0.330 e. The van der Waals surface area contributed by atoms with E-state index in [0.29, 0.717) is 24.1 Å². The van der Waals surface area contributed by atoms with Crippen molar-refractivity contribution in [2.24, 2.45) is 11.7 Å². The Morgan fingerprint density at radius 3 is 2.79 bits per heavy atom. The van der Waals surface area contributed by atoms with Crippen LogP contribution in [-0.4, -0.2) is 24.0 Å². The Kier molecular flexibility index (Phi) is 4.53. The van der Waals surface area contributed by atoms with Gasteiger partial charge in [0, 0.05) is 24.2 Å². The molecule has 1 aromatic rings. The molecule has 0 bridgehead atoms. The minimum absolute atomic E-state index is 0.125. The zero-order chi connectivity index (χ0) is 14.0. The molecular weight excluding hydrogens is 246 g/mol. The molecule has 0 amide bonds. The molecule has 1 aromatic carbocycles. The smallest absolute Gasteiger partial charge is 0.128 e. The van der Waals surface area contributed by atoms with Gasteiger partial charge in [0.25, 0.3) is 0 Å². The average Bonchev–Trinajstić information content (AvgIpc) is 2.41. The fourth-order valence-corrected chi connectivity index (χ4v) is 2.96. The fourth-order valence-electron chi connectivity index (χ4n) is 2.96. The number of halogens is 2. The molecule has 1 fully saturated rings. The largest absolute Gasteiger partial charge is 0.330 e. The Labute approximate surface area is 113 Å². The molecule has 2 rings (SSSR count). The third-order valence-corrected chi connectivity index (χ3v) is 4.27. The lowest BCUT2D eigenvalue weighted by Crippen LogP contribution is -2.45. The van der Waals surface area contributed by atoms with Crippen LogP contribution in [0.4, 0.5) is 8.78 Å². The Hall–Kier alpha value is -1.00. The second kappa shape index (κ2) is 5.97. The van der Waals surface area contributed by atoms with E-state index in [4.69, 9.17) is 5.73 Å². The normalized spacial score (nSPS) is 26.4. The first-order valence-corrected chi connectivity index (χ1v) is 6.93. The number of hydrogen-bond donors (Lipinski definition) is 1. The molecule has 4 heteroatoms. The Morgan fingerprint density at radius 1 is 1.37 bits per heavy atom. The van der Waals surface area contributed by atoms with Crippen LogP contribution in [0.25, 0.3) is 0 Å². The van der Waals surface area contributed by atoms with Crippen LogP contribution in [-0.2, 0) is 0 Å². The lowest BCUT2D eigenvalue weighted by atomic mass is 9.91. The summed E-state index contributed by atoms with van der Waals surface area (Å²) in [5.74, 6) is -0.269. The summed E-state index contributed by atoms with van der Waals surface area (Å²) in [6, 6.07) is 3.92. The summed E-state index contributed by atoms with van der Waals surface area (Å²) >= 11 is 0. The quantitative estimate of drug-likeness (QED) is 0.912. The van der Waals surface area contributed by atoms with Crippen molar-refractivity contribution in [2.45, 2.75) is 38.8 Å². The summed E-state index contributed by atoms with van der Waals surface area (Å²) in [6.07, 6.45) is 2.18. The lowest BCUT2D eigenvalue weighted by Gasteiger charge is -2.41. The third-order valence-electron chi connectivity index (χ3n) is 4.27. The molecule has 3 unspecified atom stereocenters. The van der Waals surface area contributed by atoms with Crippen molar-refractivity contribution in [1.29, 1.82) is 0 Å². The summed E-state index contributed by atoms with van der Waals surface area (Å²) in [6.45, 7) is 5.59. The van der Waals surface area contributed by atoms with Gasteiger partial charge in [0.15, 0.2) is 0 Å². The zero-order valence-corrected chi connectivity index (χ0v) is 11.6. The fraction of sp³-hybridized carbons (Fsp3) is 0.600. The molecule has 1 heterocycles. The molecule has 0 aromatic heterocycles. The van der Waals surface area contributed by atoms with E-state index in [2.05, 4.69) is 11.8 Å². The van der Waals surface area contributed by atoms with Crippen LogP contribution in [0.2, 0.25) is 0 Å². The molecule has 19 heavy (non-hydrogen) atoms. The maximum Gasteiger partial charge on any atom is 0.128 e. The predicted octanol–water partition coefficient (Wildman–Crippen LogP) is 3.09. The van der Waals surface area contributed by atoms with Gasteiger partial charge in [-0.3, -0.25) is 4.90 Å². The van der Waals surface area contributed by atoms with Crippen LogP contribution < -0.4 is 5.73 Å². The van der Waals surface area contributed by atoms with Crippen molar-refractivity contribution in [2.75, 3.05) is 13.1 Å². The van der Waals surface area contributed by atoms with Gasteiger partial charge in [0.1, 0.15) is 11.6 Å². The molecule has 1 aliphatic rings. The molecule has 3 atom stereocenters. The molecule has 2 nitrogen and oxygen atoms in total. The van der Waals surface area contributed by atoms with Gasteiger partial charge in [0.05, 0.1) is 0 Å². The first-order chi connectivity index (χ1) is 9.02. The van der Waals surface area contributed by atoms with Gasteiger partial charge in [-0.25, -0.2) is 8.78 Å². The number of nitrogens with zero attached hydrogens (tertiary/aromatic N) is 1. The third kappa shape index (κ3) is 3.12. The van der Waals surface area contributed by atoms with Gasteiger partial charge in [0.2, 0.25) is 0 Å². The molecule has 0 spiro atoms. The van der Waals surface area contributed by atoms with Crippen LogP contribution >= 0.6 is 0 Å². The number of rotatable bonds is 3. The second-order valence-corrected chi connectivity index (χ2v) is 5.57. The summed E-state index contributed by atoms with van der Waals surface area (Å²) in [4.78, 5) is 2.24. The maximum atomic E-state index is 13.9. The SMILES string of the molecule is CC1CCC(CN)CN1C(C)c1cc(F)ccc1F. The number of piperidine rings is 1. The lowest BCUT2D eigenvalue weighted by molar-refractivity contribution is 0.0795. The second-order valence-electron chi connectivity index (χ2n) is 5.57. The molecule has 2 N–H and O–H groups in total. The van der Waals surface area contributed by atoms with Crippen molar-refractivity contribution in [3.8, 4) is 0 Å². The van der Waals surface area contributed by atoms with Crippen LogP contribution in [0, 0.1) is 17.6 Å². The van der Waals surface area contributed by atoms with E-state index in [9.17, 15) is 8.78 Å². The molecule has 0 aliphatic carbocycles. The highest BCUT2D eigenvalue weighted by atomic mass is 19.1. The summed E-state index contributed by atoms with van der Waals surface area (Å²) in [5.41, 5.74) is 6.18. The standard InChI is InChI=1S/C15H22F2N2/c1-10-3-4-12(8-18)9-19(10)11(2)14-7-13(16)5-6-15(14)17/h5-7,10-12H,3-4,8-9,18H2,1-2H3. The van der Waals surface area contributed by atoms with E-state index in [1.165, 1.54) is 12.1 Å². The van der Waals surface area contributed by atoms with E-state index < -0.39 is 0 Å². The molecule has 0 saturated carbocycles. The van der Waals surface area contributed by atoms with Crippen LogP contribution in [0.1, 0.15) is 38.3 Å². The Balaban J connectivity index is 2.21. The van der Waals surface area contributed by atoms with E-state index in [0.717, 1.165) is 25.5 Å². The van der Waals surface area contributed by atoms with E-state index in [1.807, 2.05) is 6.92 Å². The number of hydrogen-bond acceptors (Lipinski definition) is 2. The van der Waals surface area contributed by atoms with Gasteiger partial charge in [-0.1, -0.05) is 0 Å². The number of likely N-dealkylation sites (tertiary alicyclic amines) is 1. The Bertz CT molecular complexity index is 436. The maximum absolute atomic E-state index is 13.9. The summed E-state index contributed by atoms with van der Waals surface area (Å²) in [7, 11) is 0. The first kappa shape index (κ1) is 14.4. The highest BCUT2D eigenvalue weighted by molar-refractivity contribution is 5.22. The predicted molar refractivity (Wildman–Crippen MR) is 72.7 cm³/mol. The highest BCUT2D eigenvalue weighted by Gasteiger charge is 2.30. The Morgan fingerprint density at radius 2 is 2.11 bits per heavy atom. The van der Waals surface area contributed by atoms with Gasteiger partial charge in [-0.2, -0.15) is 0 Å². The average molecular weight is 268 g/mol. The van der Waals surface area contributed by atoms with Crippen molar-refractivity contribution >= 4 is 0 Å². The molecule has 0 radical (unpaired) electrons. The first-order valence-electron chi connectivity index (χ1n) is 6.93.